The Morgan fingerprint density at radius 2 is 1.71 bits per heavy atom. The van der Waals surface area contributed by atoms with Crippen LogP contribution >= 0.6 is 0 Å². The van der Waals surface area contributed by atoms with Crippen LogP contribution in [-0.4, -0.2) is 20.5 Å². The third-order valence-electron chi connectivity index (χ3n) is 4.17. The molecule has 144 valence electrons. The van der Waals surface area contributed by atoms with Crippen LogP contribution in [0.1, 0.15) is 5.56 Å². The molecule has 3 aromatic carbocycles. The maximum Gasteiger partial charge on any atom is 0.271 e. The second kappa shape index (κ2) is 7.69. The highest BCUT2D eigenvalue weighted by molar-refractivity contribution is 7.92. The second-order valence-electron chi connectivity index (χ2n) is 6.14. The monoisotopic (exact) mass is 398 g/mol. The first-order valence-corrected chi connectivity index (χ1v) is 9.81. The number of ether oxygens (including phenoxy) is 1. The van der Waals surface area contributed by atoms with E-state index in [2.05, 4.69) is 4.72 Å². The van der Waals surface area contributed by atoms with Gasteiger partial charge in [0, 0.05) is 17.7 Å². The first kappa shape index (κ1) is 19.4. The van der Waals surface area contributed by atoms with Crippen molar-refractivity contribution in [3.8, 4) is 16.9 Å². The molecular formula is C20H18N2O5S. The zero-order valence-electron chi connectivity index (χ0n) is 15.2. The van der Waals surface area contributed by atoms with Crippen LogP contribution in [0.3, 0.4) is 0 Å². The van der Waals surface area contributed by atoms with Gasteiger partial charge >= 0.3 is 0 Å². The third-order valence-corrected chi connectivity index (χ3v) is 5.55. The number of nitrogens with zero attached hydrogens (tertiary/aromatic N) is 1. The SMILES string of the molecule is COc1cccc(-c2ccc([N+](=O)[O-])cc2NS(=O)(=O)c2ccc(C)cc2)c1. The number of anilines is 1. The molecule has 0 fully saturated rings. The number of rotatable bonds is 6. The number of benzene rings is 3. The Labute approximate surface area is 162 Å². The fourth-order valence-corrected chi connectivity index (χ4v) is 3.76. The number of aryl methyl sites for hydroxylation is 1. The normalized spacial score (nSPS) is 11.1. The van der Waals surface area contributed by atoms with Gasteiger partial charge in [-0.2, -0.15) is 0 Å². The predicted octanol–water partition coefficient (Wildman–Crippen LogP) is 4.38. The van der Waals surface area contributed by atoms with E-state index in [-0.39, 0.29) is 16.3 Å². The summed E-state index contributed by atoms with van der Waals surface area (Å²) in [5.41, 5.74) is 1.98. The lowest BCUT2D eigenvalue weighted by molar-refractivity contribution is -0.384. The zero-order chi connectivity index (χ0) is 20.3. The first-order valence-electron chi connectivity index (χ1n) is 8.32. The molecule has 0 radical (unpaired) electrons. The molecule has 0 aliphatic heterocycles. The summed E-state index contributed by atoms with van der Waals surface area (Å²) in [6.07, 6.45) is 0. The number of methoxy groups -OCH3 is 1. The number of sulfonamides is 1. The summed E-state index contributed by atoms with van der Waals surface area (Å²) in [7, 11) is -2.40. The molecule has 1 N–H and O–H groups in total. The van der Waals surface area contributed by atoms with Crippen molar-refractivity contribution < 1.29 is 18.1 Å². The van der Waals surface area contributed by atoms with Crippen LogP contribution < -0.4 is 9.46 Å². The number of nitro benzene ring substituents is 1. The number of nitro groups is 1. The van der Waals surface area contributed by atoms with E-state index in [1.54, 1.807) is 36.4 Å². The minimum absolute atomic E-state index is 0.0706. The van der Waals surface area contributed by atoms with E-state index in [4.69, 9.17) is 4.74 Å². The van der Waals surface area contributed by atoms with Gasteiger partial charge in [-0.3, -0.25) is 14.8 Å². The van der Waals surface area contributed by atoms with E-state index >= 15 is 0 Å². The van der Waals surface area contributed by atoms with Crippen molar-refractivity contribution in [2.24, 2.45) is 0 Å². The molecule has 8 heteroatoms. The summed E-state index contributed by atoms with van der Waals surface area (Å²) in [6.45, 7) is 1.85. The first-order chi connectivity index (χ1) is 13.3. The Bertz CT molecular complexity index is 1130. The van der Waals surface area contributed by atoms with Crippen LogP contribution in [0.5, 0.6) is 5.75 Å². The number of hydrogen-bond donors (Lipinski definition) is 1. The smallest absolute Gasteiger partial charge is 0.271 e. The van der Waals surface area contributed by atoms with Gasteiger partial charge in [0.05, 0.1) is 22.6 Å². The van der Waals surface area contributed by atoms with Gasteiger partial charge < -0.3 is 4.74 Å². The molecule has 28 heavy (non-hydrogen) atoms. The molecule has 0 amide bonds. The van der Waals surface area contributed by atoms with Gasteiger partial charge in [0.15, 0.2) is 0 Å². The molecule has 0 aromatic heterocycles. The molecule has 0 unspecified atom stereocenters. The number of hydrogen-bond acceptors (Lipinski definition) is 5. The van der Waals surface area contributed by atoms with Crippen LogP contribution in [0.25, 0.3) is 11.1 Å². The van der Waals surface area contributed by atoms with Crippen molar-refractivity contribution in [3.05, 3.63) is 82.4 Å². The van der Waals surface area contributed by atoms with Crippen molar-refractivity contribution in [1.29, 1.82) is 0 Å². The molecule has 0 aliphatic carbocycles. The highest BCUT2D eigenvalue weighted by atomic mass is 32.2. The van der Waals surface area contributed by atoms with Crippen molar-refractivity contribution in [1.82, 2.24) is 0 Å². The topological polar surface area (TPSA) is 98.5 Å². The van der Waals surface area contributed by atoms with Crippen molar-refractivity contribution in [2.75, 3.05) is 11.8 Å². The summed E-state index contributed by atoms with van der Waals surface area (Å²) in [6, 6.07) is 17.4. The van der Waals surface area contributed by atoms with Gasteiger partial charge in [-0.1, -0.05) is 29.8 Å². The van der Waals surface area contributed by atoms with Crippen molar-refractivity contribution in [2.45, 2.75) is 11.8 Å². The fourth-order valence-electron chi connectivity index (χ4n) is 2.69. The molecule has 3 aromatic rings. The Morgan fingerprint density at radius 1 is 1.00 bits per heavy atom. The minimum Gasteiger partial charge on any atom is -0.497 e. The summed E-state index contributed by atoms with van der Waals surface area (Å²) in [5, 5.41) is 11.2. The second-order valence-corrected chi connectivity index (χ2v) is 7.82. The van der Waals surface area contributed by atoms with Crippen molar-refractivity contribution >= 4 is 21.4 Å². The lowest BCUT2D eigenvalue weighted by Gasteiger charge is -2.14. The average Bonchev–Trinajstić information content (AvgIpc) is 2.68. The van der Waals surface area contributed by atoms with E-state index in [0.717, 1.165) is 5.56 Å². The van der Waals surface area contributed by atoms with Crippen LogP contribution in [0.15, 0.2) is 71.6 Å². The number of nitrogens with one attached hydrogen (secondary N) is 1. The Hall–Kier alpha value is -3.39. The van der Waals surface area contributed by atoms with Gasteiger partial charge in [0.25, 0.3) is 15.7 Å². The van der Waals surface area contributed by atoms with Gasteiger partial charge in [0.1, 0.15) is 5.75 Å². The summed E-state index contributed by atoms with van der Waals surface area (Å²) >= 11 is 0. The molecule has 3 rings (SSSR count). The van der Waals surface area contributed by atoms with Crippen LogP contribution in [0.4, 0.5) is 11.4 Å². The molecule has 0 saturated heterocycles. The van der Waals surface area contributed by atoms with Crippen LogP contribution in [0, 0.1) is 17.0 Å². The molecule has 0 spiro atoms. The van der Waals surface area contributed by atoms with E-state index in [1.165, 1.54) is 37.4 Å². The van der Waals surface area contributed by atoms with E-state index in [9.17, 15) is 18.5 Å². The number of non-ortho nitro benzene ring substituents is 1. The van der Waals surface area contributed by atoms with Crippen molar-refractivity contribution in [3.63, 3.8) is 0 Å². The quantitative estimate of drug-likeness (QED) is 0.491. The largest absolute Gasteiger partial charge is 0.497 e. The average molecular weight is 398 g/mol. The molecular weight excluding hydrogens is 380 g/mol. The molecule has 0 atom stereocenters. The third kappa shape index (κ3) is 4.12. The highest BCUT2D eigenvalue weighted by Gasteiger charge is 2.19. The van der Waals surface area contributed by atoms with Crippen LogP contribution in [-0.2, 0) is 10.0 Å². The maximum absolute atomic E-state index is 12.8. The van der Waals surface area contributed by atoms with E-state index < -0.39 is 14.9 Å². The zero-order valence-corrected chi connectivity index (χ0v) is 16.1. The molecule has 0 aliphatic rings. The van der Waals surface area contributed by atoms with E-state index in [0.29, 0.717) is 16.9 Å². The summed E-state index contributed by atoms with van der Waals surface area (Å²) < 4.78 is 33.3. The standard InChI is InChI=1S/C20H18N2O5S/c1-14-6-9-18(10-7-14)28(25,26)21-20-13-16(22(23)24)8-11-19(20)15-4-3-5-17(12-15)27-2/h3-13,21H,1-2H3. The van der Waals surface area contributed by atoms with Gasteiger partial charge in [-0.05, 0) is 42.8 Å². The molecule has 0 saturated carbocycles. The fraction of sp³-hybridized carbons (Fsp3) is 0.100. The predicted molar refractivity (Wildman–Crippen MR) is 107 cm³/mol. The molecule has 7 nitrogen and oxygen atoms in total. The summed E-state index contributed by atoms with van der Waals surface area (Å²) in [5.74, 6) is 0.586. The van der Waals surface area contributed by atoms with Gasteiger partial charge in [-0.25, -0.2) is 8.42 Å². The lowest BCUT2D eigenvalue weighted by Crippen LogP contribution is -2.14. The maximum atomic E-state index is 12.8. The Balaban J connectivity index is 2.10. The van der Waals surface area contributed by atoms with E-state index in [1.807, 2.05) is 6.92 Å². The molecule has 0 heterocycles. The minimum atomic E-state index is -3.92. The highest BCUT2D eigenvalue weighted by Crippen LogP contribution is 2.34. The Morgan fingerprint density at radius 3 is 2.36 bits per heavy atom. The Kier molecular flexibility index (Phi) is 5.32. The van der Waals surface area contributed by atoms with Gasteiger partial charge in [0.2, 0.25) is 0 Å². The van der Waals surface area contributed by atoms with Gasteiger partial charge in [-0.15, -0.1) is 0 Å². The summed E-state index contributed by atoms with van der Waals surface area (Å²) in [4.78, 5) is 10.7. The molecule has 0 bridgehead atoms. The van der Waals surface area contributed by atoms with Crippen LogP contribution in [0.2, 0.25) is 0 Å². The lowest BCUT2D eigenvalue weighted by atomic mass is 10.0.